The molecule has 0 radical (unpaired) electrons. The summed E-state index contributed by atoms with van der Waals surface area (Å²) in [5.41, 5.74) is 0.160. The van der Waals surface area contributed by atoms with Gasteiger partial charge < -0.3 is 19.4 Å². The third-order valence-corrected chi connectivity index (χ3v) is 2.75. The fourth-order valence-corrected chi connectivity index (χ4v) is 1.85. The maximum absolute atomic E-state index is 11.8. The Morgan fingerprint density at radius 3 is 2.90 bits per heavy atom. The number of hydrogen-bond acceptors (Lipinski definition) is 5. The van der Waals surface area contributed by atoms with E-state index in [2.05, 4.69) is 10.5 Å². The van der Waals surface area contributed by atoms with Crippen LogP contribution in [0.5, 0.6) is 0 Å². The van der Waals surface area contributed by atoms with E-state index in [1.807, 2.05) is 13.8 Å². The maximum Gasteiger partial charge on any atom is 0.273 e. The van der Waals surface area contributed by atoms with Crippen molar-refractivity contribution in [3.63, 3.8) is 0 Å². The second-order valence-electron chi connectivity index (χ2n) is 5.05. The zero-order valence-corrected chi connectivity index (χ0v) is 11.5. The largest absolute Gasteiger partial charge is 0.461 e. The van der Waals surface area contributed by atoms with Gasteiger partial charge in [-0.3, -0.25) is 4.79 Å². The number of aromatic nitrogens is 1. The van der Waals surface area contributed by atoms with Gasteiger partial charge in [-0.05, 0) is 24.5 Å². The monoisotopic (exact) mass is 278 g/mol. The zero-order valence-electron chi connectivity index (χ0n) is 11.5. The van der Waals surface area contributed by atoms with Crippen LogP contribution >= 0.6 is 0 Å². The number of aliphatic hydroxyl groups excluding tert-OH is 1. The molecule has 108 valence electrons. The Balaban J connectivity index is 1.90. The predicted octanol–water partition coefficient (Wildman–Crippen LogP) is 2.07. The van der Waals surface area contributed by atoms with E-state index in [0.29, 0.717) is 23.9 Å². The molecule has 1 amide bonds. The van der Waals surface area contributed by atoms with Gasteiger partial charge in [0.05, 0.1) is 12.4 Å². The summed E-state index contributed by atoms with van der Waals surface area (Å²) >= 11 is 0. The highest BCUT2D eigenvalue weighted by molar-refractivity contribution is 5.92. The van der Waals surface area contributed by atoms with Crippen molar-refractivity contribution in [1.29, 1.82) is 0 Å². The number of amides is 1. The molecule has 2 rings (SSSR count). The third-order valence-electron chi connectivity index (χ3n) is 2.75. The molecule has 0 saturated heterocycles. The number of nitrogens with zero attached hydrogens (tertiary/aromatic N) is 1. The van der Waals surface area contributed by atoms with E-state index in [4.69, 9.17) is 8.94 Å². The van der Waals surface area contributed by atoms with Crippen LogP contribution in [0.2, 0.25) is 0 Å². The second-order valence-corrected chi connectivity index (χ2v) is 5.05. The molecule has 0 bridgehead atoms. The van der Waals surface area contributed by atoms with Crippen LogP contribution in [0.25, 0.3) is 11.5 Å². The van der Waals surface area contributed by atoms with Gasteiger partial charge in [-0.15, -0.1) is 0 Å². The summed E-state index contributed by atoms with van der Waals surface area (Å²) in [6, 6.07) is 4.94. The van der Waals surface area contributed by atoms with Crippen LogP contribution in [-0.4, -0.2) is 28.8 Å². The molecule has 0 aromatic carbocycles. The topological polar surface area (TPSA) is 88.5 Å². The van der Waals surface area contributed by atoms with Crippen LogP contribution < -0.4 is 5.32 Å². The van der Waals surface area contributed by atoms with Crippen molar-refractivity contribution in [3.05, 3.63) is 30.2 Å². The molecule has 2 aromatic rings. The van der Waals surface area contributed by atoms with Crippen molar-refractivity contribution in [3.8, 4) is 11.5 Å². The molecule has 2 aromatic heterocycles. The number of rotatable bonds is 6. The molecule has 1 unspecified atom stereocenters. The number of hydrogen-bond donors (Lipinski definition) is 2. The summed E-state index contributed by atoms with van der Waals surface area (Å²) in [4.78, 5) is 11.8. The summed E-state index contributed by atoms with van der Waals surface area (Å²) in [5, 5.41) is 16.0. The van der Waals surface area contributed by atoms with Gasteiger partial charge >= 0.3 is 0 Å². The highest BCUT2D eigenvalue weighted by atomic mass is 16.5. The van der Waals surface area contributed by atoms with E-state index in [0.717, 1.165) is 0 Å². The van der Waals surface area contributed by atoms with Crippen LogP contribution in [0, 0.1) is 5.92 Å². The highest BCUT2D eigenvalue weighted by Crippen LogP contribution is 2.20. The summed E-state index contributed by atoms with van der Waals surface area (Å²) < 4.78 is 10.2. The lowest BCUT2D eigenvalue weighted by Gasteiger charge is -2.12. The lowest BCUT2D eigenvalue weighted by Crippen LogP contribution is -2.32. The smallest absolute Gasteiger partial charge is 0.273 e. The first kappa shape index (κ1) is 14.3. The van der Waals surface area contributed by atoms with Crippen molar-refractivity contribution in [2.24, 2.45) is 5.92 Å². The van der Waals surface area contributed by atoms with Crippen LogP contribution in [-0.2, 0) is 0 Å². The Labute approximate surface area is 116 Å². The molecule has 0 fully saturated rings. The van der Waals surface area contributed by atoms with Crippen molar-refractivity contribution in [2.75, 3.05) is 6.54 Å². The molecule has 0 saturated carbocycles. The van der Waals surface area contributed by atoms with E-state index < -0.39 is 6.10 Å². The first-order valence-corrected chi connectivity index (χ1v) is 6.53. The third kappa shape index (κ3) is 3.71. The molecule has 0 aliphatic heterocycles. The summed E-state index contributed by atoms with van der Waals surface area (Å²) in [6.45, 7) is 4.22. The van der Waals surface area contributed by atoms with Crippen LogP contribution in [0.4, 0.5) is 0 Å². The molecule has 0 spiro atoms. The number of carbonyl (C=O) groups is 1. The molecule has 6 nitrogen and oxygen atoms in total. The van der Waals surface area contributed by atoms with Gasteiger partial charge in [0.25, 0.3) is 5.91 Å². The number of carbonyl (C=O) groups excluding carboxylic acids is 1. The van der Waals surface area contributed by atoms with E-state index in [1.165, 1.54) is 12.3 Å². The minimum atomic E-state index is -0.560. The maximum atomic E-state index is 11.8. The second kappa shape index (κ2) is 6.38. The zero-order chi connectivity index (χ0) is 14.5. The van der Waals surface area contributed by atoms with E-state index in [1.54, 1.807) is 12.1 Å². The Bertz CT molecular complexity index is 545. The van der Waals surface area contributed by atoms with E-state index >= 15 is 0 Å². The summed E-state index contributed by atoms with van der Waals surface area (Å²) in [6.07, 6.45) is 1.59. The molecule has 0 aliphatic rings. The average molecular weight is 278 g/mol. The first-order valence-electron chi connectivity index (χ1n) is 6.53. The Morgan fingerprint density at radius 1 is 1.45 bits per heavy atom. The standard InChI is InChI=1S/C14H18N2O4/c1-9(2)6-10(17)8-15-14(18)11-7-13(20-16-11)12-4-3-5-19-12/h3-5,7,9-10,17H,6,8H2,1-2H3,(H,15,18). The molecule has 2 heterocycles. The fourth-order valence-electron chi connectivity index (χ4n) is 1.85. The van der Waals surface area contributed by atoms with Crippen molar-refractivity contribution >= 4 is 5.91 Å². The SMILES string of the molecule is CC(C)CC(O)CNC(=O)c1cc(-c2ccco2)on1. The van der Waals surface area contributed by atoms with Gasteiger partial charge in [0, 0.05) is 12.6 Å². The van der Waals surface area contributed by atoms with Gasteiger partial charge in [0.2, 0.25) is 5.76 Å². The average Bonchev–Trinajstić information content (AvgIpc) is 3.04. The summed E-state index contributed by atoms with van der Waals surface area (Å²) in [5.74, 6) is 0.896. The minimum absolute atomic E-state index is 0.160. The predicted molar refractivity (Wildman–Crippen MR) is 72.0 cm³/mol. The van der Waals surface area contributed by atoms with Crippen molar-refractivity contribution in [1.82, 2.24) is 10.5 Å². The van der Waals surface area contributed by atoms with E-state index in [9.17, 15) is 9.90 Å². The first-order chi connectivity index (χ1) is 9.56. The van der Waals surface area contributed by atoms with Crippen LogP contribution in [0.1, 0.15) is 30.8 Å². The number of furan rings is 1. The molecular weight excluding hydrogens is 260 g/mol. The molecule has 0 aliphatic carbocycles. The molecule has 20 heavy (non-hydrogen) atoms. The minimum Gasteiger partial charge on any atom is -0.461 e. The Hall–Kier alpha value is -2.08. The van der Waals surface area contributed by atoms with E-state index in [-0.39, 0.29) is 18.1 Å². The van der Waals surface area contributed by atoms with Crippen LogP contribution in [0.15, 0.2) is 33.4 Å². The van der Waals surface area contributed by atoms with Gasteiger partial charge in [0.1, 0.15) is 0 Å². The van der Waals surface area contributed by atoms with Gasteiger partial charge in [-0.2, -0.15) is 0 Å². The lowest BCUT2D eigenvalue weighted by molar-refractivity contribution is 0.0891. The van der Waals surface area contributed by atoms with Gasteiger partial charge in [0.15, 0.2) is 11.5 Å². The molecule has 2 N–H and O–H groups in total. The van der Waals surface area contributed by atoms with Crippen molar-refractivity contribution < 1.29 is 18.8 Å². The molecule has 1 atom stereocenters. The Kier molecular flexibility index (Phi) is 4.57. The van der Waals surface area contributed by atoms with Crippen molar-refractivity contribution in [2.45, 2.75) is 26.4 Å². The Morgan fingerprint density at radius 2 is 2.25 bits per heavy atom. The quantitative estimate of drug-likeness (QED) is 0.844. The molecule has 6 heteroatoms. The van der Waals surface area contributed by atoms with Crippen LogP contribution in [0.3, 0.4) is 0 Å². The number of nitrogens with one attached hydrogen (secondary N) is 1. The van der Waals surface area contributed by atoms with Gasteiger partial charge in [-0.1, -0.05) is 19.0 Å². The highest BCUT2D eigenvalue weighted by Gasteiger charge is 2.16. The lowest BCUT2D eigenvalue weighted by atomic mass is 10.1. The normalized spacial score (nSPS) is 12.6. The fraction of sp³-hybridized carbons (Fsp3) is 0.429. The summed E-state index contributed by atoms with van der Waals surface area (Å²) in [7, 11) is 0. The molecular formula is C14H18N2O4. The number of aliphatic hydroxyl groups is 1. The van der Waals surface area contributed by atoms with Gasteiger partial charge in [-0.25, -0.2) is 0 Å².